The van der Waals surface area contributed by atoms with Gasteiger partial charge in [-0.15, -0.1) is 0 Å². The molecule has 1 atom stereocenters. The van der Waals surface area contributed by atoms with E-state index in [-0.39, 0.29) is 18.4 Å². The van der Waals surface area contributed by atoms with E-state index < -0.39 is 0 Å². The van der Waals surface area contributed by atoms with E-state index in [1.54, 1.807) is 0 Å². The van der Waals surface area contributed by atoms with Crippen molar-refractivity contribution in [3.63, 3.8) is 0 Å². The number of carbonyl (C=O) groups is 1. The first kappa shape index (κ1) is 13.6. The fraction of sp³-hybridized carbons (Fsp3) is 0.235. The van der Waals surface area contributed by atoms with Crippen molar-refractivity contribution >= 4 is 27.6 Å². The number of aliphatic hydroxyl groups is 1. The third-order valence-corrected chi connectivity index (χ3v) is 3.70. The van der Waals surface area contributed by atoms with E-state index in [1.165, 1.54) is 0 Å². The zero-order valence-electron chi connectivity index (χ0n) is 11.9. The van der Waals surface area contributed by atoms with Crippen molar-refractivity contribution in [2.75, 3.05) is 13.2 Å². The Hall–Kier alpha value is -2.33. The molecular weight excluding hydrogens is 264 g/mol. The molecule has 4 nitrogen and oxygen atoms in total. The molecule has 0 aliphatic carbocycles. The number of carbonyl (C=O) groups excluding carboxylic acids is 1. The van der Waals surface area contributed by atoms with Crippen LogP contribution in [0.4, 0.5) is 0 Å². The minimum Gasteiger partial charge on any atom is -0.396 e. The van der Waals surface area contributed by atoms with Gasteiger partial charge in [0.05, 0.1) is 0 Å². The van der Waals surface area contributed by atoms with Gasteiger partial charge < -0.3 is 15.4 Å². The lowest BCUT2D eigenvalue weighted by Gasteiger charge is -2.08. The Morgan fingerprint density at radius 1 is 1.24 bits per heavy atom. The van der Waals surface area contributed by atoms with E-state index in [0.29, 0.717) is 12.2 Å². The molecule has 0 aliphatic rings. The molecule has 1 unspecified atom stereocenters. The third-order valence-electron chi connectivity index (χ3n) is 3.70. The van der Waals surface area contributed by atoms with Crippen LogP contribution in [-0.4, -0.2) is 29.1 Å². The molecule has 1 aromatic heterocycles. The van der Waals surface area contributed by atoms with Crippen molar-refractivity contribution in [3.8, 4) is 0 Å². The number of amides is 1. The molecule has 0 bridgehead atoms. The van der Waals surface area contributed by atoms with Gasteiger partial charge in [0.1, 0.15) is 5.69 Å². The van der Waals surface area contributed by atoms with E-state index in [1.807, 2.05) is 37.3 Å². The first-order valence-corrected chi connectivity index (χ1v) is 7.08. The second-order valence-electron chi connectivity index (χ2n) is 5.43. The summed E-state index contributed by atoms with van der Waals surface area (Å²) in [5, 5.41) is 15.2. The van der Waals surface area contributed by atoms with Crippen molar-refractivity contribution in [1.29, 1.82) is 0 Å². The quantitative estimate of drug-likeness (QED) is 0.689. The molecule has 0 radical (unpaired) electrons. The molecule has 4 heteroatoms. The lowest BCUT2D eigenvalue weighted by atomic mass is 10.1. The Labute approximate surface area is 122 Å². The van der Waals surface area contributed by atoms with Gasteiger partial charge in [0.15, 0.2) is 0 Å². The summed E-state index contributed by atoms with van der Waals surface area (Å²) >= 11 is 0. The van der Waals surface area contributed by atoms with Crippen LogP contribution in [0.2, 0.25) is 0 Å². The van der Waals surface area contributed by atoms with Gasteiger partial charge in [0.25, 0.3) is 5.91 Å². The van der Waals surface area contributed by atoms with Crippen molar-refractivity contribution in [1.82, 2.24) is 10.3 Å². The zero-order valence-corrected chi connectivity index (χ0v) is 11.9. The van der Waals surface area contributed by atoms with Gasteiger partial charge in [0.2, 0.25) is 0 Å². The molecule has 3 aromatic rings. The number of aliphatic hydroxyl groups excluding tert-OH is 1. The summed E-state index contributed by atoms with van der Waals surface area (Å²) in [6.45, 7) is 2.42. The van der Waals surface area contributed by atoms with E-state index in [2.05, 4.69) is 22.4 Å². The van der Waals surface area contributed by atoms with E-state index >= 15 is 0 Å². The summed E-state index contributed by atoms with van der Waals surface area (Å²) < 4.78 is 0. The highest BCUT2D eigenvalue weighted by Crippen LogP contribution is 2.25. The largest absolute Gasteiger partial charge is 0.396 e. The Kier molecular flexibility index (Phi) is 3.62. The lowest BCUT2D eigenvalue weighted by Crippen LogP contribution is -2.29. The fourth-order valence-electron chi connectivity index (χ4n) is 2.43. The van der Waals surface area contributed by atoms with Gasteiger partial charge in [-0.05, 0) is 28.8 Å². The average Bonchev–Trinajstić information content (AvgIpc) is 2.96. The van der Waals surface area contributed by atoms with Crippen LogP contribution in [0.3, 0.4) is 0 Å². The molecule has 3 rings (SSSR count). The van der Waals surface area contributed by atoms with Crippen LogP contribution >= 0.6 is 0 Å². The molecule has 3 N–H and O–H groups in total. The second-order valence-corrected chi connectivity index (χ2v) is 5.43. The van der Waals surface area contributed by atoms with Crippen LogP contribution in [0.25, 0.3) is 21.7 Å². The number of aromatic amines is 1. The van der Waals surface area contributed by atoms with Gasteiger partial charge >= 0.3 is 0 Å². The summed E-state index contributed by atoms with van der Waals surface area (Å²) in [5.74, 6) is -0.0882. The number of hydrogen-bond donors (Lipinski definition) is 3. The zero-order chi connectivity index (χ0) is 14.8. The molecule has 0 aliphatic heterocycles. The monoisotopic (exact) mass is 282 g/mol. The molecule has 0 spiro atoms. The van der Waals surface area contributed by atoms with Gasteiger partial charge in [-0.2, -0.15) is 0 Å². The van der Waals surface area contributed by atoms with Gasteiger partial charge in [-0.1, -0.05) is 37.3 Å². The molecule has 2 aromatic carbocycles. The van der Waals surface area contributed by atoms with Crippen LogP contribution in [-0.2, 0) is 0 Å². The maximum Gasteiger partial charge on any atom is 0.267 e. The van der Waals surface area contributed by atoms with E-state index in [9.17, 15) is 4.79 Å². The number of rotatable bonds is 4. The predicted octanol–water partition coefficient (Wildman–Crippen LogP) is 2.68. The SMILES string of the molecule is CC(CO)CNC(=O)c1cc2c(ccc3ccccc32)[nH]1. The Morgan fingerprint density at radius 2 is 2.05 bits per heavy atom. The number of benzene rings is 2. The molecule has 0 saturated carbocycles. The van der Waals surface area contributed by atoms with Crippen LogP contribution in [0, 0.1) is 5.92 Å². The molecule has 1 amide bonds. The predicted molar refractivity (Wildman–Crippen MR) is 84.4 cm³/mol. The van der Waals surface area contributed by atoms with Crippen LogP contribution < -0.4 is 5.32 Å². The maximum absolute atomic E-state index is 12.1. The van der Waals surface area contributed by atoms with Crippen LogP contribution in [0.15, 0.2) is 42.5 Å². The van der Waals surface area contributed by atoms with Gasteiger partial charge in [0, 0.05) is 24.1 Å². The molecule has 0 fully saturated rings. The Bertz CT molecular complexity index is 792. The molecule has 108 valence electrons. The van der Waals surface area contributed by atoms with Crippen molar-refractivity contribution in [2.45, 2.75) is 6.92 Å². The van der Waals surface area contributed by atoms with Gasteiger partial charge in [-0.25, -0.2) is 0 Å². The van der Waals surface area contributed by atoms with Crippen LogP contribution in [0.1, 0.15) is 17.4 Å². The summed E-state index contributed by atoms with van der Waals surface area (Å²) in [6.07, 6.45) is 0. The first-order valence-electron chi connectivity index (χ1n) is 7.08. The highest BCUT2D eigenvalue weighted by Gasteiger charge is 2.11. The molecular formula is C17H18N2O2. The van der Waals surface area contributed by atoms with E-state index in [0.717, 1.165) is 21.7 Å². The third kappa shape index (κ3) is 2.62. The molecule has 1 heterocycles. The Morgan fingerprint density at radius 3 is 2.86 bits per heavy atom. The molecule has 21 heavy (non-hydrogen) atoms. The topological polar surface area (TPSA) is 65.1 Å². The summed E-state index contributed by atoms with van der Waals surface area (Å²) in [7, 11) is 0. The number of H-pyrrole nitrogens is 1. The normalized spacial score (nSPS) is 12.7. The van der Waals surface area contributed by atoms with E-state index in [4.69, 9.17) is 5.11 Å². The average molecular weight is 282 g/mol. The highest BCUT2D eigenvalue weighted by atomic mass is 16.3. The van der Waals surface area contributed by atoms with Crippen molar-refractivity contribution in [2.24, 2.45) is 5.92 Å². The maximum atomic E-state index is 12.1. The standard InChI is InChI=1S/C17H18N2O2/c1-11(10-20)9-18-17(21)16-8-14-13-5-3-2-4-12(13)6-7-15(14)19-16/h2-8,11,19-20H,9-10H2,1H3,(H,18,21). The molecule has 0 saturated heterocycles. The number of fused-ring (bicyclic) bond motifs is 3. The summed E-state index contributed by atoms with van der Waals surface area (Å²) in [6, 6.07) is 14.0. The number of aromatic nitrogens is 1. The minimum absolute atomic E-state index is 0.0548. The van der Waals surface area contributed by atoms with Crippen molar-refractivity contribution in [3.05, 3.63) is 48.2 Å². The minimum atomic E-state index is -0.143. The summed E-state index contributed by atoms with van der Waals surface area (Å²) in [5.41, 5.74) is 1.50. The first-order chi connectivity index (χ1) is 10.2. The van der Waals surface area contributed by atoms with Crippen molar-refractivity contribution < 1.29 is 9.90 Å². The number of hydrogen-bond acceptors (Lipinski definition) is 2. The van der Waals surface area contributed by atoms with Crippen LogP contribution in [0.5, 0.6) is 0 Å². The lowest BCUT2D eigenvalue weighted by molar-refractivity contribution is 0.0938. The fourth-order valence-corrected chi connectivity index (χ4v) is 2.43. The number of nitrogens with one attached hydrogen (secondary N) is 2. The van der Waals surface area contributed by atoms with Gasteiger partial charge in [-0.3, -0.25) is 4.79 Å². The summed E-state index contributed by atoms with van der Waals surface area (Å²) in [4.78, 5) is 15.3. The second kappa shape index (κ2) is 5.58. The highest BCUT2D eigenvalue weighted by molar-refractivity contribution is 6.09. The smallest absolute Gasteiger partial charge is 0.267 e. The Balaban J connectivity index is 1.94.